The van der Waals surface area contributed by atoms with Gasteiger partial charge in [0.2, 0.25) is 0 Å². The summed E-state index contributed by atoms with van der Waals surface area (Å²) >= 11 is 5.91. The molecule has 0 spiro atoms. The van der Waals surface area contributed by atoms with Gasteiger partial charge in [-0.15, -0.1) is 11.6 Å². The normalized spacial score (nSPS) is 17.8. The molecule has 0 unspecified atom stereocenters. The van der Waals surface area contributed by atoms with Gasteiger partial charge in [-0.2, -0.15) is 0 Å². The lowest BCUT2D eigenvalue weighted by atomic mass is 10.1. The van der Waals surface area contributed by atoms with Crippen LogP contribution in [0, 0.1) is 6.92 Å². The van der Waals surface area contributed by atoms with Crippen molar-refractivity contribution < 1.29 is 4.74 Å². The van der Waals surface area contributed by atoms with E-state index in [4.69, 9.17) is 16.3 Å². The first-order chi connectivity index (χ1) is 8.29. The zero-order valence-corrected chi connectivity index (χ0v) is 11.2. The number of rotatable bonds is 3. The van der Waals surface area contributed by atoms with E-state index in [1.165, 1.54) is 25.7 Å². The number of hydrogen-bond acceptors (Lipinski definition) is 2. The molecule has 0 saturated heterocycles. The maximum absolute atomic E-state index is 6.07. The Bertz CT molecular complexity index is 359. The van der Waals surface area contributed by atoms with Gasteiger partial charge in [0.25, 0.3) is 0 Å². The summed E-state index contributed by atoms with van der Waals surface area (Å²) in [5.74, 6) is 1.29. The Balaban J connectivity index is 2.06. The second-order valence-corrected chi connectivity index (χ2v) is 5.03. The number of pyridine rings is 1. The molecule has 17 heavy (non-hydrogen) atoms. The van der Waals surface area contributed by atoms with Crippen LogP contribution < -0.4 is 4.74 Å². The minimum absolute atomic E-state index is 0.351. The molecule has 1 heterocycles. The van der Waals surface area contributed by atoms with Crippen LogP contribution in [0.1, 0.15) is 49.9 Å². The highest BCUT2D eigenvalue weighted by Gasteiger charge is 2.15. The fraction of sp³-hybridized carbons (Fsp3) is 0.643. The molecule has 1 aromatic heterocycles. The molecule has 0 amide bonds. The molecular weight excluding hydrogens is 234 g/mol. The van der Waals surface area contributed by atoms with Crippen LogP contribution in [0.4, 0.5) is 0 Å². The predicted octanol–water partition coefficient (Wildman–Crippen LogP) is 4.23. The molecular formula is C14H20ClNO. The number of ether oxygens (including phenoxy) is 1. The third kappa shape index (κ3) is 3.60. The molecule has 3 heteroatoms. The number of aromatic nitrogens is 1. The Morgan fingerprint density at radius 3 is 2.59 bits per heavy atom. The predicted molar refractivity (Wildman–Crippen MR) is 70.6 cm³/mol. The van der Waals surface area contributed by atoms with Crippen molar-refractivity contribution in [1.29, 1.82) is 0 Å². The lowest BCUT2D eigenvalue weighted by molar-refractivity contribution is 0.181. The highest BCUT2D eigenvalue weighted by Crippen LogP contribution is 2.25. The summed E-state index contributed by atoms with van der Waals surface area (Å²) in [4.78, 5) is 4.42. The molecule has 2 rings (SSSR count). The first-order valence-electron chi connectivity index (χ1n) is 6.49. The van der Waals surface area contributed by atoms with Gasteiger partial charge < -0.3 is 4.74 Å². The first kappa shape index (κ1) is 12.7. The van der Waals surface area contributed by atoms with Crippen molar-refractivity contribution in [2.75, 3.05) is 0 Å². The molecule has 2 nitrogen and oxygen atoms in total. The Hall–Kier alpha value is -0.760. The average molecular weight is 254 g/mol. The number of alkyl halides is 1. The molecule has 1 saturated carbocycles. The van der Waals surface area contributed by atoms with E-state index in [0.717, 1.165) is 30.0 Å². The third-order valence-electron chi connectivity index (χ3n) is 3.29. The summed E-state index contributed by atoms with van der Waals surface area (Å²) in [6.07, 6.45) is 7.91. The standard InChI is InChI=1S/C14H20ClNO/c1-11-8-9-14(13(10-15)16-11)17-12-6-4-2-3-5-7-12/h8-9,12H,2-7,10H2,1H3. The lowest BCUT2D eigenvalue weighted by Gasteiger charge is -2.18. The van der Waals surface area contributed by atoms with E-state index in [1.54, 1.807) is 0 Å². The quantitative estimate of drug-likeness (QED) is 0.594. The summed E-state index contributed by atoms with van der Waals surface area (Å²) in [6, 6.07) is 3.99. The minimum atomic E-state index is 0.351. The molecule has 1 aromatic rings. The van der Waals surface area contributed by atoms with E-state index in [1.807, 2.05) is 19.1 Å². The zero-order chi connectivity index (χ0) is 12.1. The van der Waals surface area contributed by atoms with Crippen molar-refractivity contribution in [2.24, 2.45) is 0 Å². The number of aryl methyl sites for hydroxylation is 1. The molecule has 94 valence electrons. The summed E-state index contributed by atoms with van der Waals surface area (Å²) in [7, 11) is 0. The van der Waals surface area contributed by atoms with Gasteiger partial charge >= 0.3 is 0 Å². The molecule has 1 fully saturated rings. The van der Waals surface area contributed by atoms with Crippen LogP contribution in [0.2, 0.25) is 0 Å². The summed E-state index contributed by atoms with van der Waals surface area (Å²) in [6.45, 7) is 1.98. The highest BCUT2D eigenvalue weighted by atomic mass is 35.5. The molecule has 1 aliphatic rings. The van der Waals surface area contributed by atoms with Crippen molar-refractivity contribution in [3.8, 4) is 5.75 Å². The van der Waals surface area contributed by atoms with Crippen molar-refractivity contribution in [3.05, 3.63) is 23.5 Å². The highest BCUT2D eigenvalue weighted by molar-refractivity contribution is 6.17. The molecule has 1 aliphatic carbocycles. The lowest BCUT2D eigenvalue weighted by Crippen LogP contribution is -2.16. The maximum atomic E-state index is 6.07. The SMILES string of the molecule is Cc1ccc(OC2CCCCCC2)c(CCl)n1. The van der Waals surface area contributed by atoms with E-state index in [9.17, 15) is 0 Å². The summed E-state index contributed by atoms with van der Waals surface area (Å²) < 4.78 is 6.07. The Morgan fingerprint density at radius 1 is 1.24 bits per heavy atom. The van der Waals surface area contributed by atoms with Crippen LogP contribution in [-0.4, -0.2) is 11.1 Å². The van der Waals surface area contributed by atoms with E-state index >= 15 is 0 Å². The fourth-order valence-corrected chi connectivity index (χ4v) is 2.53. The van der Waals surface area contributed by atoms with Gasteiger partial charge in [0.15, 0.2) is 0 Å². The molecule has 0 bridgehead atoms. The van der Waals surface area contributed by atoms with Crippen molar-refractivity contribution in [2.45, 2.75) is 57.4 Å². The first-order valence-corrected chi connectivity index (χ1v) is 7.02. The monoisotopic (exact) mass is 253 g/mol. The van der Waals surface area contributed by atoms with Gasteiger partial charge in [-0.05, 0) is 44.7 Å². The van der Waals surface area contributed by atoms with Gasteiger partial charge in [-0.1, -0.05) is 12.8 Å². The van der Waals surface area contributed by atoms with Crippen LogP contribution in [0.5, 0.6) is 5.75 Å². The van der Waals surface area contributed by atoms with Crippen LogP contribution in [-0.2, 0) is 5.88 Å². The van der Waals surface area contributed by atoms with Crippen LogP contribution in [0.3, 0.4) is 0 Å². The summed E-state index contributed by atoms with van der Waals surface area (Å²) in [5, 5.41) is 0. The second kappa shape index (κ2) is 6.25. The second-order valence-electron chi connectivity index (χ2n) is 4.76. The largest absolute Gasteiger partial charge is 0.488 e. The Kier molecular flexibility index (Phi) is 4.66. The molecule has 0 radical (unpaired) electrons. The molecule has 0 aliphatic heterocycles. The topological polar surface area (TPSA) is 22.1 Å². The number of hydrogen-bond donors (Lipinski definition) is 0. The Morgan fingerprint density at radius 2 is 1.94 bits per heavy atom. The van der Waals surface area contributed by atoms with Crippen molar-refractivity contribution in [1.82, 2.24) is 4.98 Å². The van der Waals surface area contributed by atoms with Gasteiger partial charge in [0, 0.05) is 5.69 Å². The van der Waals surface area contributed by atoms with Gasteiger partial charge in [0.1, 0.15) is 5.75 Å². The van der Waals surface area contributed by atoms with E-state index in [0.29, 0.717) is 12.0 Å². The van der Waals surface area contributed by atoms with E-state index < -0.39 is 0 Å². The van der Waals surface area contributed by atoms with Gasteiger partial charge in [0.05, 0.1) is 17.7 Å². The number of nitrogens with zero attached hydrogens (tertiary/aromatic N) is 1. The van der Waals surface area contributed by atoms with Crippen LogP contribution >= 0.6 is 11.6 Å². The van der Waals surface area contributed by atoms with Crippen LogP contribution in [0.25, 0.3) is 0 Å². The number of halogens is 1. The molecule has 0 aromatic carbocycles. The maximum Gasteiger partial charge on any atom is 0.142 e. The average Bonchev–Trinajstić information content (AvgIpc) is 2.60. The molecule has 0 atom stereocenters. The van der Waals surface area contributed by atoms with Crippen LogP contribution in [0.15, 0.2) is 12.1 Å². The van der Waals surface area contributed by atoms with E-state index in [-0.39, 0.29) is 0 Å². The fourth-order valence-electron chi connectivity index (χ4n) is 2.34. The Labute approximate surface area is 108 Å². The van der Waals surface area contributed by atoms with E-state index in [2.05, 4.69) is 4.98 Å². The molecule has 0 N–H and O–H groups in total. The van der Waals surface area contributed by atoms with Crippen molar-refractivity contribution >= 4 is 11.6 Å². The van der Waals surface area contributed by atoms with Crippen molar-refractivity contribution in [3.63, 3.8) is 0 Å². The van der Waals surface area contributed by atoms with Gasteiger partial charge in [-0.25, -0.2) is 0 Å². The summed E-state index contributed by atoms with van der Waals surface area (Å²) in [5.41, 5.74) is 1.87. The third-order valence-corrected chi connectivity index (χ3v) is 3.55. The van der Waals surface area contributed by atoms with Gasteiger partial charge in [-0.3, -0.25) is 4.98 Å². The minimum Gasteiger partial charge on any atom is -0.488 e. The zero-order valence-electron chi connectivity index (χ0n) is 10.4. The smallest absolute Gasteiger partial charge is 0.142 e.